The molecule has 0 aliphatic carbocycles. The molecule has 2 aromatic carbocycles. The Kier molecular flexibility index (Phi) is 4.51. The van der Waals surface area contributed by atoms with Gasteiger partial charge < -0.3 is 5.73 Å². The SMILES string of the molecule is Cc1cccc(NS(=O)(=O)c2cc(N)c(C)c(Cl)c2)c1Br. The summed E-state index contributed by atoms with van der Waals surface area (Å²) in [5.41, 5.74) is 8.17. The van der Waals surface area contributed by atoms with Gasteiger partial charge in [-0.1, -0.05) is 23.7 Å². The van der Waals surface area contributed by atoms with E-state index in [2.05, 4.69) is 20.7 Å². The molecule has 0 bridgehead atoms. The van der Waals surface area contributed by atoms with Gasteiger partial charge in [0, 0.05) is 15.2 Å². The summed E-state index contributed by atoms with van der Waals surface area (Å²) in [7, 11) is -3.76. The highest BCUT2D eigenvalue weighted by Gasteiger charge is 2.18. The maximum absolute atomic E-state index is 12.4. The van der Waals surface area contributed by atoms with E-state index < -0.39 is 10.0 Å². The van der Waals surface area contributed by atoms with Crippen LogP contribution in [0.2, 0.25) is 5.02 Å². The number of sulfonamides is 1. The number of halogens is 2. The maximum Gasteiger partial charge on any atom is 0.262 e. The standard InChI is InChI=1S/C14H14BrClN2O2S/c1-8-4-3-5-13(14(8)15)18-21(19,20)10-6-11(16)9(2)12(17)7-10/h3-7,18H,17H2,1-2H3. The third-order valence-electron chi connectivity index (χ3n) is 3.10. The third kappa shape index (κ3) is 3.33. The fourth-order valence-corrected chi connectivity index (χ4v) is 3.68. The summed E-state index contributed by atoms with van der Waals surface area (Å²) in [4.78, 5) is 0.0315. The van der Waals surface area contributed by atoms with E-state index in [0.29, 0.717) is 26.4 Å². The lowest BCUT2D eigenvalue weighted by Crippen LogP contribution is -2.14. The van der Waals surface area contributed by atoms with E-state index in [1.165, 1.54) is 12.1 Å². The quantitative estimate of drug-likeness (QED) is 0.776. The predicted molar refractivity (Wildman–Crippen MR) is 90.3 cm³/mol. The molecule has 0 radical (unpaired) electrons. The highest BCUT2D eigenvalue weighted by molar-refractivity contribution is 9.10. The zero-order chi connectivity index (χ0) is 15.8. The van der Waals surface area contributed by atoms with Gasteiger partial charge in [-0.15, -0.1) is 0 Å². The monoisotopic (exact) mass is 388 g/mol. The number of hydrogen-bond acceptors (Lipinski definition) is 3. The number of anilines is 2. The van der Waals surface area contributed by atoms with E-state index in [4.69, 9.17) is 17.3 Å². The molecule has 0 saturated heterocycles. The molecule has 21 heavy (non-hydrogen) atoms. The van der Waals surface area contributed by atoms with Gasteiger partial charge in [0.15, 0.2) is 0 Å². The summed E-state index contributed by atoms with van der Waals surface area (Å²) in [5.74, 6) is 0. The second-order valence-corrected chi connectivity index (χ2v) is 7.54. The number of nitrogens with one attached hydrogen (secondary N) is 1. The Hall–Kier alpha value is -1.24. The van der Waals surface area contributed by atoms with Crippen LogP contribution in [0.25, 0.3) is 0 Å². The largest absolute Gasteiger partial charge is 0.398 e. The Morgan fingerprint density at radius 1 is 1.24 bits per heavy atom. The van der Waals surface area contributed by atoms with Crippen LogP contribution in [0.3, 0.4) is 0 Å². The second kappa shape index (κ2) is 5.87. The third-order valence-corrected chi connectivity index (χ3v) is 5.89. The highest BCUT2D eigenvalue weighted by Crippen LogP contribution is 2.30. The molecule has 4 nitrogen and oxygen atoms in total. The number of benzene rings is 2. The van der Waals surface area contributed by atoms with Crippen LogP contribution in [0.4, 0.5) is 11.4 Å². The summed E-state index contributed by atoms with van der Waals surface area (Å²) < 4.78 is 28.1. The topological polar surface area (TPSA) is 72.2 Å². The second-order valence-electron chi connectivity index (χ2n) is 4.66. The summed E-state index contributed by atoms with van der Waals surface area (Å²) in [6.07, 6.45) is 0. The van der Waals surface area contributed by atoms with Crippen LogP contribution < -0.4 is 10.5 Å². The number of aryl methyl sites for hydroxylation is 1. The van der Waals surface area contributed by atoms with E-state index in [1.807, 2.05) is 13.0 Å². The summed E-state index contributed by atoms with van der Waals surface area (Å²) in [6, 6.07) is 8.11. The molecule has 112 valence electrons. The summed E-state index contributed by atoms with van der Waals surface area (Å²) in [6.45, 7) is 3.61. The summed E-state index contributed by atoms with van der Waals surface area (Å²) >= 11 is 9.37. The molecule has 0 heterocycles. The van der Waals surface area contributed by atoms with Crippen LogP contribution in [0.1, 0.15) is 11.1 Å². The van der Waals surface area contributed by atoms with Gasteiger partial charge in [-0.3, -0.25) is 4.72 Å². The first kappa shape index (κ1) is 16.1. The first-order valence-electron chi connectivity index (χ1n) is 6.06. The molecule has 2 aromatic rings. The van der Waals surface area contributed by atoms with Gasteiger partial charge in [0.05, 0.1) is 10.6 Å². The number of rotatable bonds is 3. The number of hydrogen-bond donors (Lipinski definition) is 2. The van der Waals surface area contributed by atoms with Crippen LogP contribution in [-0.2, 0) is 10.0 Å². The van der Waals surface area contributed by atoms with E-state index in [9.17, 15) is 8.42 Å². The van der Waals surface area contributed by atoms with Crippen molar-refractivity contribution in [3.63, 3.8) is 0 Å². The first-order valence-corrected chi connectivity index (χ1v) is 8.71. The molecule has 0 amide bonds. The van der Waals surface area contributed by atoms with Crippen molar-refractivity contribution in [1.29, 1.82) is 0 Å². The molecular formula is C14H14BrClN2O2S. The molecule has 2 rings (SSSR count). The van der Waals surface area contributed by atoms with E-state index in [1.54, 1.807) is 19.1 Å². The molecule has 0 aliphatic heterocycles. The number of nitrogens with two attached hydrogens (primary N) is 1. The summed E-state index contributed by atoms with van der Waals surface area (Å²) in [5, 5.41) is 0.318. The maximum atomic E-state index is 12.4. The zero-order valence-corrected chi connectivity index (χ0v) is 14.6. The van der Waals surface area contributed by atoms with Crippen LogP contribution in [0, 0.1) is 13.8 Å². The van der Waals surface area contributed by atoms with E-state index in [0.717, 1.165) is 5.56 Å². The van der Waals surface area contributed by atoms with Crippen molar-refractivity contribution in [3.8, 4) is 0 Å². The van der Waals surface area contributed by atoms with Gasteiger partial charge in [0.2, 0.25) is 0 Å². The molecule has 0 aliphatic rings. The Morgan fingerprint density at radius 2 is 1.90 bits per heavy atom. The smallest absolute Gasteiger partial charge is 0.262 e. The van der Waals surface area contributed by atoms with Gasteiger partial charge in [0.25, 0.3) is 10.0 Å². The highest BCUT2D eigenvalue weighted by atomic mass is 79.9. The lowest BCUT2D eigenvalue weighted by atomic mass is 10.2. The van der Waals surface area contributed by atoms with Crippen LogP contribution in [-0.4, -0.2) is 8.42 Å². The molecule has 0 saturated carbocycles. The minimum Gasteiger partial charge on any atom is -0.398 e. The molecule has 0 atom stereocenters. The Bertz CT molecular complexity index is 784. The molecule has 0 aromatic heterocycles. The van der Waals surface area contributed by atoms with Crippen molar-refractivity contribution in [3.05, 3.63) is 51.0 Å². The minimum absolute atomic E-state index is 0.0315. The van der Waals surface area contributed by atoms with E-state index in [-0.39, 0.29) is 4.90 Å². The first-order chi connectivity index (χ1) is 9.72. The van der Waals surface area contributed by atoms with Crippen LogP contribution in [0.15, 0.2) is 39.7 Å². The molecule has 0 unspecified atom stereocenters. The lowest BCUT2D eigenvalue weighted by Gasteiger charge is -2.13. The fraction of sp³-hybridized carbons (Fsp3) is 0.143. The zero-order valence-electron chi connectivity index (χ0n) is 11.4. The van der Waals surface area contributed by atoms with Crippen molar-refractivity contribution in [1.82, 2.24) is 0 Å². The Morgan fingerprint density at radius 3 is 2.52 bits per heavy atom. The minimum atomic E-state index is -3.76. The van der Waals surface area contributed by atoms with Crippen molar-refractivity contribution < 1.29 is 8.42 Å². The lowest BCUT2D eigenvalue weighted by molar-refractivity contribution is 0.601. The van der Waals surface area contributed by atoms with Crippen molar-refractivity contribution in [2.45, 2.75) is 18.7 Å². The van der Waals surface area contributed by atoms with Crippen molar-refractivity contribution in [2.24, 2.45) is 0 Å². The Balaban J connectivity index is 2.46. The van der Waals surface area contributed by atoms with Gasteiger partial charge in [-0.25, -0.2) is 8.42 Å². The fourth-order valence-electron chi connectivity index (χ4n) is 1.76. The Labute approximate surface area is 137 Å². The van der Waals surface area contributed by atoms with Crippen LogP contribution >= 0.6 is 27.5 Å². The van der Waals surface area contributed by atoms with E-state index >= 15 is 0 Å². The van der Waals surface area contributed by atoms with Crippen molar-refractivity contribution >= 4 is 48.9 Å². The van der Waals surface area contributed by atoms with Crippen LogP contribution in [0.5, 0.6) is 0 Å². The number of nitrogen functional groups attached to an aromatic ring is 1. The van der Waals surface area contributed by atoms with Gasteiger partial charge >= 0.3 is 0 Å². The normalized spacial score (nSPS) is 11.4. The average Bonchev–Trinajstić information content (AvgIpc) is 2.40. The molecule has 3 N–H and O–H groups in total. The molecule has 0 fully saturated rings. The molecule has 0 spiro atoms. The molecular weight excluding hydrogens is 376 g/mol. The van der Waals surface area contributed by atoms with Gasteiger partial charge in [-0.2, -0.15) is 0 Å². The predicted octanol–water partition coefficient (Wildman–Crippen LogP) is 4.10. The van der Waals surface area contributed by atoms with Crippen molar-refractivity contribution in [2.75, 3.05) is 10.5 Å². The van der Waals surface area contributed by atoms with Gasteiger partial charge in [-0.05, 0) is 59.1 Å². The molecule has 7 heteroatoms. The van der Waals surface area contributed by atoms with Gasteiger partial charge in [0.1, 0.15) is 0 Å². The average molecular weight is 390 g/mol.